The van der Waals surface area contributed by atoms with Gasteiger partial charge in [-0.2, -0.15) is 4.98 Å². The Bertz CT molecular complexity index is 547. The monoisotopic (exact) mass is 258 g/mol. The molecule has 1 aromatic carbocycles. The van der Waals surface area contributed by atoms with Gasteiger partial charge in [0.05, 0.1) is 5.69 Å². The summed E-state index contributed by atoms with van der Waals surface area (Å²) in [7, 11) is 1.81. The van der Waals surface area contributed by atoms with Gasteiger partial charge in [-0.15, -0.1) is 0 Å². The summed E-state index contributed by atoms with van der Waals surface area (Å²) in [5.41, 5.74) is 3.80. The molecule has 0 unspecified atom stereocenters. The van der Waals surface area contributed by atoms with Crippen molar-refractivity contribution in [1.29, 1.82) is 0 Å². The Balaban J connectivity index is 2.17. The number of hydrogen-bond acceptors (Lipinski definition) is 3. The molecule has 0 aliphatic carbocycles. The number of rotatable bonds is 3. The number of benzene rings is 1. The first-order valence-corrected chi connectivity index (χ1v) is 6.63. The molecule has 2 aromatic rings. The molecule has 0 atom stereocenters. The highest BCUT2D eigenvalue weighted by molar-refractivity contribution is 5.32. The number of oxazole rings is 1. The van der Waals surface area contributed by atoms with E-state index in [9.17, 15) is 0 Å². The normalized spacial score (nSPS) is 11.6. The van der Waals surface area contributed by atoms with Gasteiger partial charge < -0.3 is 9.73 Å². The topological polar surface area (TPSA) is 38.1 Å². The molecule has 0 radical (unpaired) electrons. The van der Waals surface area contributed by atoms with Gasteiger partial charge in [-0.25, -0.2) is 0 Å². The van der Waals surface area contributed by atoms with E-state index in [1.807, 2.05) is 14.0 Å². The fourth-order valence-electron chi connectivity index (χ4n) is 2.01. The minimum Gasteiger partial charge on any atom is -0.429 e. The van der Waals surface area contributed by atoms with Gasteiger partial charge in [0.15, 0.2) is 0 Å². The number of nitrogens with one attached hydrogen (secondary N) is 1. The zero-order chi connectivity index (χ0) is 14.0. The lowest BCUT2D eigenvalue weighted by Gasteiger charge is -2.19. The van der Waals surface area contributed by atoms with E-state index in [2.05, 4.69) is 55.3 Å². The SMILES string of the molecule is CNc1nc(Cc2ccc(C(C)(C)C)cc2)c(C)o1. The molecule has 0 saturated heterocycles. The van der Waals surface area contributed by atoms with Crippen LogP contribution in [-0.4, -0.2) is 12.0 Å². The number of aryl methyl sites for hydroxylation is 1. The summed E-state index contributed by atoms with van der Waals surface area (Å²) >= 11 is 0. The predicted molar refractivity (Wildman–Crippen MR) is 78.7 cm³/mol. The maximum atomic E-state index is 5.49. The van der Waals surface area contributed by atoms with Crippen LogP contribution in [0.5, 0.6) is 0 Å². The van der Waals surface area contributed by atoms with Gasteiger partial charge in [-0.05, 0) is 23.5 Å². The Labute approximate surface area is 115 Å². The zero-order valence-corrected chi connectivity index (χ0v) is 12.4. The van der Waals surface area contributed by atoms with E-state index in [0.717, 1.165) is 17.9 Å². The maximum Gasteiger partial charge on any atom is 0.294 e. The molecular weight excluding hydrogens is 236 g/mol. The van der Waals surface area contributed by atoms with Crippen molar-refractivity contribution < 1.29 is 4.42 Å². The molecule has 0 fully saturated rings. The lowest BCUT2D eigenvalue weighted by Crippen LogP contribution is -2.10. The Morgan fingerprint density at radius 3 is 2.26 bits per heavy atom. The van der Waals surface area contributed by atoms with Crippen molar-refractivity contribution in [2.45, 2.75) is 39.5 Å². The van der Waals surface area contributed by atoms with E-state index in [4.69, 9.17) is 4.42 Å². The molecule has 1 N–H and O–H groups in total. The second kappa shape index (κ2) is 5.08. The van der Waals surface area contributed by atoms with Crippen molar-refractivity contribution in [3.05, 3.63) is 46.8 Å². The van der Waals surface area contributed by atoms with Crippen LogP contribution in [0.3, 0.4) is 0 Å². The second-order valence-electron chi connectivity index (χ2n) is 5.90. The minimum absolute atomic E-state index is 0.196. The smallest absolute Gasteiger partial charge is 0.294 e. The van der Waals surface area contributed by atoms with E-state index in [1.54, 1.807) is 0 Å². The largest absolute Gasteiger partial charge is 0.429 e. The van der Waals surface area contributed by atoms with Gasteiger partial charge in [-0.1, -0.05) is 45.0 Å². The molecule has 0 amide bonds. The van der Waals surface area contributed by atoms with Crippen LogP contribution in [0.1, 0.15) is 43.4 Å². The fraction of sp³-hybridized carbons (Fsp3) is 0.438. The summed E-state index contributed by atoms with van der Waals surface area (Å²) < 4.78 is 5.49. The summed E-state index contributed by atoms with van der Waals surface area (Å²) in [6.45, 7) is 8.63. The molecule has 1 aromatic heterocycles. The van der Waals surface area contributed by atoms with Crippen LogP contribution in [0.2, 0.25) is 0 Å². The number of hydrogen-bond donors (Lipinski definition) is 1. The lowest BCUT2D eigenvalue weighted by atomic mass is 9.86. The van der Waals surface area contributed by atoms with Crippen LogP contribution >= 0.6 is 0 Å². The van der Waals surface area contributed by atoms with Gasteiger partial charge in [0, 0.05) is 13.5 Å². The third-order valence-corrected chi connectivity index (χ3v) is 3.30. The van der Waals surface area contributed by atoms with Crippen LogP contribution in [0.4, 0.5) is 6.01 Å². The van der Waals surface area contributed by atoms with Crippen molar-refractivity contribution in [1.82, 2.24) is 4.98 Å². The van der Waals surface area contributed by atoms with Crippen LogP contribution in [0, 0.1) is 6.92 Å². The fourth-order valence-corrected chi connectivity index (χ4v) is 2.01. The number of nitrogens with zero attached hydrogens (tertiary/aromatic N) is 1. The third kappa shape index (κ3) is 3.16. The molecule has 0 spiro atoms. The van der Waals surface area contributed by atoms with Crippen LogP contribution in [0.15, 0.2) is 28.7 Å². The van der Waals surface area contributed by atoms with Crippen LogP contribution in [-0.2, 0) is 11.8 Å². The zero-order valence-electron chi connectivity index (χ0n) is 12.4. The van der Waals surface area contributed by atoms with E-state index in [0.29, 0.717) is 6.01 Å². The Kier molecular flexibility index (Phi) is 3.65. The summed E-state index contributed by atoms with van der Waals surface area (Å²) in [5.74, 6) is 0.879. The van der Waals surface area contributed by atoms with E-state index >= 15 is 0 Å². The first-order chi connectivity index (χ1) is 8.90. The van der Waals surface area contributed by atoms with Gasteiger partial charge in [-0.3, -0.25) is 0 Å². The van der Waals surface area contributed by atoms with Gasteiger partial charge in [0.2, 0.25) is 0 Å². The first kappa shape index (κ1) is 13.7. The van der Waals surface area contributed by atoms with E-state index in [-0.39, 0.29) is 5.41 Å². The lowest BCUT2D eigenvalue weighted by molar-refractivity contribution is 0.541. The van der Waals surface area contributed by atoms with Crippen LogP contribution < -0.4 is 5.32 Å². The molecule has 0 aliphatic heterocycles. The third-order valence-electron chi connectivity index (χ3n) is 3.30. The highest BCUT2D eigenvalue weighted by Crippen LogP contribution is 2.23. The molecule has 19 heavy (non-hydrogen) atoms. The summed E-state index contributed by atoms with van der Waals surface area (Å²) in [5, 5.41) is 2.93. The molecule has 0 saturated carbocycles. The minimum atomic E-state index is 0.196. The second-order valence-corrected chi connectivity index (χ2v) is 5.90. The van der Waals surface area contributed by atoms with Crippen molar-refractivity contribution in [3.8, 4) is 0 Å². The molecule has 0 bridgehead atoms. The van der Waals surface area contributed by atoms with Crippen molar-refractivity contribution in [2.75, 3.05) is 12.4 Å². The molecule has 0 aliphatic rings. The number of aromatic nitrogens is 1. The summed E-state index contributed by atoms with van der Waals surface area (Å²) in [6, 6.07) is 9.33. The van der Waals surface area contributed by atoms with E-state index in [1.165, 1.54) is 11.1 Å². The summed E-state index contributed by atoms with van der Waals surface area (Å²) in [4.78, 5) is 4.42. The first-order valence-electron chi connectivity index (χ1n) is 6.63. The van der Waals surface area contributed by atoms with Crippen molar-refractivity contribution in [2.24, 2.45) is 0 Å². The molecule has 3 heteroatoms. The van der Waals surface area contributed by atoms with Gasteiger partial charge >= 0.3 is 0 Å². The molecular formula is C16H22N2O. The predicted octanol–water partition coefficient (Wildman–Crippen LogP) is 3.91. The van der Waals surface area contributed by atoms with Gasteiger partial charge in [0.1, 0.15) is 5.76 Å². The maximum absolute atomic E-state index is 5.49. The Hall–Kier alpha value is -1.77. The average molecular weight is 258 g/mol. The van der Waals surface area contributed by atoms with Crippen molar-refractivity contribution >= 4 is 6.01 Å². The highest BCUT2D eigenvalue weighted by atomic mass is 16.4. The standard InChI is InChI=1S/C16H22N2O/c1-11-14(18-15(17-5)19-11)10-12-6-8-13(9-7-12)16(2,3)4/h6-9H,10H2,1-5H3,(H,17,18). The quantitative estimate of drug-likeness (QED) is 0.907. The highest BCUT2D eigenvalue weighted by Gasteiger charge is 2.14. The number of anilines is 1. The van der Waals surface area contributed by atoms with Crippen LogP contribution in [0.25, 0.3) is 0 Å². The average Bonchev–Trinajstić information content (AvgIpc) is 2.70. The van der Waals surface area contributed by atoms with E-state index < -0.39 is 0 Å². The van der Waals surface area contributed by atoms with Gasteiger partial charge in [0.25, 0.3) is 6.01 Å². The molecule has 102 valence electrons. The molecule has 3 nitrogen and oxygen atoms in total. The Morgan fingerprint density at radius 1 is 1.16 bits per heavy atom. The molecule has 2 rings (SSSR count). The molecule has 1 heterocycles. The Morgan fingerprint density at radius 2 is 1.79 bits per heavy atom. The van der Waals surface area contributed by atoms with Crippen molar-refractivity contribution in [3.63, 3.8) is 0 Å². The summed E-state index contributed by atoms with van der Waals surface area (Å²) in [6.07, 6.45) is 0.807.